The number of hydrogen-bond acceptors (Lipinski definition) is 5. The smallest absolute Gasteiger partial charge is 0.276 e. The molecule has 0 N–H and O–H groups in total. The van der Waals surface area contributed by atoms with Gasteiger partial charge in [-0.25, -0.2) is 0 Å². The van der Waals surface area contributed by atoms with Gasteiger partial charge in [-0.1, -0.05) is 32.1 Å². The van der Waals surface area contributed by atoms with Crippen LogP contribution in [0.2, 0.25) is 0 Å². The number of carboxylic acid groups (broad SMARTS) is 1. The number of unbranched alkanes of at least 4 members (excludes halogenated alkanes) is 3. The minimum absolute atomic E-state index is 0.0303. The second-order valence-corrected chi connectivity index (χ2v) is 6.91. The van der Waals surface area contributed by atoms with Crippen molar-refractivity contribution in [3.63, 3.8) is 0 Å². The van der Waals surface area contributed by atoms with Gasteiger partial charge in [0.25, 0.3) is 11.8 Å². The van der Waals surface area contributed by atoms with E-state index in [9.17, 15) is 19.5 Å². The lowest BCUT2D eigenvalue weighted by atomic mass is 9.94. The summed E-state index contributed by atoms with van der Waals surface area (Å²) in [6.45, 7) is 0.432. The van der Waals surface area contributed by atoms with E-state index in [0.29, 0.717) is 13.0 Å². The molecule has 6 nitrogen and oxygen atoms in total. The van der Waals surface area contributed by atoms with Gasteiger partial charge in [-0.15, -0.1) is 11.6 Å². The van der Waals surface area contributed by atoms with Crippen LogP contribution in [0.3, 0.4) is 0 Å². The molecule has 0 bridgehead atoms. The first-order chi connectivity index (χ1) is 11.5. The fraction of sp³-hybridized carbons (Fsp3) is 0.765. The van der Waals surface area contributed by atoms with E-state index in [1.165, 1.54) is 4.90 Å². The molecule has 1 aliphatic carbocycles. The Morgan fingerprint density at radius 3 is 2.46 bits per heavy atom. The van der Waals surface area contributed by atoms with E-state index in [4.69, 9.17) is 11.6 Å². The average Bonchev–Trinajstić information content (AvgIpc) is 2.77. The lowest BCUT2D eigenvalue weighted by Gasteiger charge is -2.29. The van der Waals surface area contributed by atoms with Crippen LogP contribution < -0.4 is 5.11 Å². The molecule has 1 unspecified atom stereocenters. The van der Waals surface area contributed by atoms with Gasteiger partial charge in [-0.3, -0.25) is 19.5 Å². The fourth-order valence-electron chi connectivity index (χ4n) is 3.34. The fourth-order valence-corrected chi connectivity index (χ4v) is 3.61. The topological polar surface area (TPSA) is 89.9 Å². The Balaban J connectivity index is 1.82. The summed E-state index contributed by atoms with van der Waals surface area (Å²) in [5, 5.41) is 9.34. The Labute approximate surface area is 147 Å². The zero-order chi connectivity index (χ0) is 17.5. The SMILES string of the molecule is O=C([O-])CCCCCCN=C1C(=O)N(C2CCCCC2)C(=O)C1Cl. The molecule has 1 heterocycles. The molecule has 2 amide bonds. The van der Waals surface area contributed by atoms with Crippen LogP contribution in [0.25, 0.3) is 0 Å². The lowest BCUT2D eigenvalue weighted by Crippen LogP contribution is -2.42. The van der Waals surface area contributed by atoms with E-state index in [1.54, 1.807) is 0 Å². The first-order valence-electron chi connectivity index (χ1n) is 8.78. The Bertz CT molecular complexity index is 515. The normalized spacial score (nSPS) is 24.1. The van der Waals surface area contributed by atoms with Gasteiger partial charge in [0.2, 0.25) is 0 Å². The molecule has 2 fully saturated rings. The number of carboxylic acids is 1. The lowest BCUT2D eigenvalue weighted by molar-refractivity contribution is -0.305. The molecule has 134 valence electrons. The van der Waals surface area contributed by atoms with Crippen molar-refractivity contribution in [1.29, 1.82) is 0 Å². The standard InChI is InChI=1S/C17H25ClN2O4/c18-14-15(19-11-7-2-1-6-10-13(21)22)17(24)20(16(14)23)12-8-4-3-5-9-12/h12,14H,1-11H2,(H,21,22)/p-1. The summed E-state index contributed by atoms with van der Waals surface area (Å²) in [5.41, 5.74) is 0.168. The van der Waals surface area contributed by atoms with E-state index < -0.39 is 11.3 Å². The van der Waals surface area contributed by atoms with Gasteiger partial charge in [0.05, 0.1) is 0 Å². The molecule has 24 heavy (non-hydrogen) atoms. The highest BCUT2D eigenvalue weighted by atomic mass is 35.5. The molecule has 1 saturated heterocycles. The number of halogens is 1. The third-order valence-electron chi connectivity index (χ3n) is 4.64. The van der Waals surface area contributed by atoms with Crippen molar-refractivity contribution in [2.24, 2.45) is 4.99 Å². The zero-order valence-corrected chi connectivity index (χ0v) is 14.6. The van der Waals surface area contributed by atoms with Crippen molar-refractivity contribution in [3.8, 4) is 0 Å². The number of alkyl halides is 1. The summed E-state index contributed by atoms with van der Waals surface area (Å²) in [6.07, 6.45) is 7.93. The number of aliphatic carboxylic acids is 1. The monoisotopic (exact) mass is 355 g/mol. The van der Waals surface area contributed by atoms with E-state index in [1.807, 2.05) is 0 Å². The van der Waals surface area contributed by atoms with Crippen molar-refractivity contribution in [2.45, 2.75) is 75.6 Å². The van der Waals surface area contributed by atoms with Crippen LogP contribution in [0.1, 0.15) is 64.2 Å². The van der Waals surface area contributed by atoms with Gasteiger partial charge in [-0.2, -0.15) is 0 Å². The van der Waals surface area contributed by atoms with Gasteiger partial charge in [-0.05, 0) is 32.1 Å². The average molecular weight is 356 g/mol. The maximum absolute atomic E-state index is 12.5. The molecular formula is C17H24ClN2O4-. The van der Waals surface area contributed by atoms with Crippen LogP contribution in [0.15, 0.2) is 4.99 Å². The summed E-state index contributed by atoms with van der Waals surface area (Å²) in [6, 6.07) is -0.0303. The van der Waals surface area contributed by atoms with Crippen LogP contribution in [0, 0.1) is 0 Å². The molecule has 1 saturated carbocycles. The van der Waals surface area contributed by atoms with Gasteiger partial charge in [0, 0.05) is 18.6 Å². The maximum Gasteiger partial charge on any atom is 0.276 e. The number of imide groups is 1. The molecule has 0 spiro atoms. The molecule has 1 atom stereocenters. The van der Waals surface area contributed by atoms with Crippen molar-refractivity contribution in [3.05, 3.63) is 0 Å². The number of hydrogen-bond donors (Lipinski definition) is 0. The first-order valence-corrected chi connectivity index (χ1v) is 9.21. The summed E-state index contributed by atoms with van der Waals surface area (Å²) in [4.78, 5) is 40.7. The largest absolute Gasteiger partial charge is 0.550 e. The summed E-state index contributed by atoms with van der Waals surface area (Å²) >= 11 is 6.12. The van der Waals surface area contributed by atoms with E-state index in [-0.39, 0.29) is 30.0 Å². The molecule has 0 radical (unpaired) electrons. The number of rotatable bonds is 8. The van der Waals surface area contributed by atoms with E-state index in [2.05, 4.69) is 4.99 Å². The predicted octanol–water partition coefficient (Wildman–Crippen LogP) is 1.44. The number of amides is 2. The Morgan fingerprint density at radius 1 is 1.12 bits per heavy atom. The van der Waals surface area contributed by atoms with Crippen molar-refractivity contribution in [1.82, 2.24) is 4.90 Å². The minimum Gasteiger partial charge on any atom is -0.550 e. The molecule has 0 aromatic carbocycles. The Hall–Kier alpha value is -1.43. The molecule has 2 aliphatic rings. The Kier molecular flexibility index (Phi) is 7.21. The molecule has 1 aliphatic heterocycles. The maximum atomic E-state index is 12.5. The van der Waals surface area contributed by atoms with Gasteiger partial charge >= 0.3 is 0 Å². The predicted molar refractivity (Wildman–Crippen MR) is 88.8 cm³/mol. The second-order valence-electron chi connectivity index (χ2n) is 6.47. The van der Waals surface area contributed by atoms with E-state index >= 15 is 0 Å². The highest BCUT2D eigenvalue weighted by Gasteiger charge is 2.46. The molecule has 0 aromatic heterocycles. The molecule has 0 aromatic rings. The molecule has 7 heteroatoms. The third-order valence-corrected chi connectivity index (χ3v) is 5.04. The summed E-state index contributed by atoms with van der Waals surface area (Å²) < 4.78 is 0. The zero-order valence-electron chi connectivity index (χ0n) is 13.8. The number of likely N-dealkylation sites (tertiary alicyclic amines) is 1. The van der Waals surface area contributed by atoms with Gasteiger partial charge in [0.1, 0.15) is 5.71 Å². The minimum atomic E-state index is -1.03. The van der Waals surface area contributed by atoms with Gasteiger partial charge in [0.15, 0.2) is 5.38 Å². The summed E-state index contributed by atoms with van der Waals surface area (Å²) in [7, 11) is 0. The molecule has 2 rings (SSSR count). The van der Waals surface area contributed by atoms with Crippen LogP contribution in [-0.2, 0) is 14.4 Å². The second kappa shape index (κ2) is 9.16. The number of carbonyl (C=O) groups excluding carboxylic acids is 3. The van der Waals surface area contributed by atoms with Crippen LogP contribution in [0.4, 0.5) is 0 Å². The van der Waals surface area contributed by atoms with Crippen LogP contribution in [-0.4, -0.2) is 46.4 Å². The number of aliphatic imine (C=N–C) groups is 1. The number of carbonyl (C=O) groups is 3. The first kappa shape index (κ1) is 18.9. The summed E-state index contributed by atoms with van der Waals surface area (Å²) in [5.74, 6) is -1.69. The van der Waals surface area contributed by atoms with E-state index in [0.717, 1.165) is 51.4 Å². The van der Waals surface area contributed by atoms with Crippen LogP contribution in [0.5, 0.6) is 0 Å². The quantitative estimate of drug-likeness (QED) is 0.374. The van der Waals surface area contributed by atoms with Crippen molar-refractivity contribution >= 4 is 35.1 Å². The van der Waals surface area contributed by atoms with Crippen molar-refractivity contribution in [2.75, 3.05) is 6.54 Å². The van der Waals surface area contributed by atoms with Crippen LogP contribution >= 0.6 is 11.6 Å². The highest BCUT2D eigenvalue weighted by Crippen LogP contribution is 2.28. The third kappa shape index (κ3) is 4.79. The van der Waals surface area contributed by atoms with Crippen molar-refractivity contribution < 1.29 is 19.5 Å². The molecular weight excluding hydrogens is 332 g/mol. The highest BCUT2D eigenvalue weighted by molar-refractivity contribution is 6.63. The van der Waals surface area contributed by atoms with Gasteiger partial charge < -0.3 is 9.90 Å². The number of nitrogens with zero attached hydrogens (tertiary/aromatic N) is 2. The Morgan fingerprint density at radius 2 is 1.79 bits per heavy atom.